The van der Waals surface area contributed by atoms with Gasteiger partial charge in [0, 0.05) is 6.04 Å². The number of rotatable bonds is 11. The van der Waals surface area contributed by atoms with E-state index in [2.05, 4.69) is 26.1 Å². The van der Waals surface area contributed by atoms with Gasteiger partial charge in [0.05, 0.1) is 0 Å². The van der Waals surface area contributed by atoms with Crippen LogP contribution in [0.2, 0.25) is 0 Å². The van der Waals surface area contributed by atoms with Crippen LogP contribution in [0.25, 0.3) is 0 Å². The minimum Gasteiger partial charge on any atom is -0.314 e. The summed E-state index contributed by atoms with van der Waals surface area (Å²) in [5.74, 6) is 1.95. The monoisotopic (exact) mass is 281 g/mol. The van der Waals surface area contributed by atoms with E-state index in [4.69, 9.17) is 0 Å². The van der Waals surface area contributed by atoms with E-state index in [1.165, 1.54) is 83.6 Å². The summed E-state index contributed by atoms with van der Waals surface area (Å²) in [7, 11) is 0. The van der Waals surface area contributed by atoms with Crippen LogP contribution in [0.4, 0.5) is 0 Å². The summed E-state index contributed by atoms with van der Waals surface area (Å²) in [5, 5.41) is 3.92. The van der Waals surface area contributed by atoms with E-state index in [0.717, 1.165) is 17.9 Å². The predicted molar refractivity (Wildman–Crippen MR) is 91.2 cm³/mol. The van der Waals surface area contributed by atoms with Gasteiger partial charge in [-0.3, -0.25) is 0 Å². The molecule has 20 heavy (non-hydrogen) atoms. The largest absolute Gasteiger partial charge is 0.314 e. The molecule has 1 saturated carbocycles. The summed E-state index contributed by atoms with van der Waals surface area (Å²) in [6.45, 7) is 8.32. The van der Waals surface area contributed by atoms with Crippen molar-refractivity contribution in [1.82, 2.24) is 5.32 Å². The summed E-state index contributed by atoms with van der Waals surface area (Å²) in [5.41, 5.74) is 0. The molecule has 1 aliphatic rings. The molecule has 0 radical (unpaired) electrons. The van der Waals surface area contributed by atoms with Gasteiger partial charge in [0.25, 0.3) is 0 Å². The van der Waals surface area contributed by atoms with Gasteiger partial charge >= 0.3 is 0 Å². The lowest BCUT2D eigenvalue weighted by Crippen LogP contribution is -2.34. The third kappa shape index (κ3) is 8.29. The normalized spacial score (nSPS) is 23.4. The Bertz CT molecular complexity index is 196. The smallest absolute Gasteiger partial charge is 0.00671 e. The molecule has 1 heteroatoms. The van der Waals surface area contributed by atoms with E-state index in [0.29, 0.717) is 0 Å². The molecule has 0 atom stereocenters. The Hall–Kier alpha value is -0.0400. The SMILES string of the molecule is CCCCCC(CCCCC)NCC1CCC(C)CC1. The van der Waals surface area contributed by atoms with Crippen molar-refractivity contribution in [3.05, 3.63) is 0 Å². The Labute approximate surface area is 128 Å². The van der Waals surface area contributed by atoms with Crippen LogP contribution in [-0.2, 0) is 0 Å². The second kappa shape index (κ2) is 11.6. The molecular formula is C19H39N. The molecule has 0 amide bonds. The van der Waals surface area contributed by atoms with Gasteiger partial charge in [0.2, 0.25) is 0 Å². The lowest BCUT2D eigenvalue weighted by Gasteiger charge is -2.28. The lowest BCUT2D eigenvalue weighted by atomic mass is 9.83. The maximum atomic E-state index is 3.92. The average molecular weight is 282 g/mol. The Morgan fingerprint density at radius 1 is 0.850 bits per heavy atom. The van der Waals surface area contributed by atoms with Crippen molar-refractivity contribution in [3.8, 4) is 0 Å². The quantitative estimate of drug-likeness (QED) is 0.463. The van der Waals surface area contributed by atoms with Gasteiger partial charge in [-0.1, -0.05) is 72.1 Å². The van der Waals surface area contributed by atoms with Crippen molar-refractivity contribution in [2.75, 3.05) is 6.54 Å². The van der Waals surface area contributed by atoms with Gasteiger partial charge in [-0.2, -0.15) is 0 Å². The molecule has 0 aliphatic heterocycles. The summed E-state index contributed by atoms with van der Waals surface area (Å²) in [6, 6.07) is 0.799. The zero-order valence-electron chi connectivity index (χ0n) is 14.4. The highest BCUT2D eigenvalue weighted by Crippen LogP contribution is 2.28. The fourth-order valence-electron chi connectivity index (χ4n) is 3.50. The zero-order valence-corrected chi connectivity index (χ0v) is 14.4. The first-order valence-electron chi connectivity index (χ1n) is 9.49. The van der Waals surface area contributed by atoms with Gasteiger partial charge in [-0.25, -0.2) is 0 Å². The molecule has 1 aliphatic carbocycles. The van der Waals surface area contributed by atoms with Crippen LogP contribution in [0.5, 0.6) is 0 Å². The third-order valence-corrected chi connectivity index (χ3v) is 5.14. The first-order chi connectivity index (χ1) is 9.76. The molecule has 120 valence electrons. The van der Waals surface area contributed by atoms with Crippen LogP contribution in [0.15, 0.2) is 0 Å². The first kappa shape index (κ1) is 18.0. The van der Waals surface area contributed by atoms with E-state index >= 15 is 0 Å². The predicted octanol–water partition coefficient (Wildman–Crippen LogP) is 5.93. The van der Waals surface area contributed by atoms with Crippen molar-refractivity contribution in [2.24, 2.45) is 11.8 Å². The van der Waals surface area contributed by atoms with Crippen molar-refractivity contribution in [3.63, 3.8) is 0 Å². The van der Waals surface area contributed by atoms with Gasteiger partial charge in [0.15, 0.2) is 0 Å². The van der Waals surface area contributed by atoms with Crippen LogP contribution in [0.3, 0.4) is 0 Å². The molecule has 0 spiro atoms. The van der Waals surface area contributed by atoms with Gasteiger partial charge in [-0.15, -0.1) is 0 Å². The molecule has 1 fully saturated rings. The van der Waals surface area contributed by atoms with E-state index < -0.39 is 0 Å². The van der Waals surface area contributed by atoms with Crippen LogP contribution >= 0.6 is 0 Å². The van der Waals surface area contributed by atoms with Crippen LogP contribution in [-0.4, -0.2) is 12.6 Å². The highest BCUT2D eigenvalue weighted by molar-refractivity contribution is 4.75. The molecule has 0 aromatic heterocycles. The molecule has 0 aromatic carbocycles. The van der Waals surface area contributed by atoms with Gasteiger partial charge in [0.1, 0.15) is 0 Å². The van der Waals surface area contributed by atoms with E-state index in [1.807, 2.05) is 0 Å². The molecule has 0 unspecified atom stereocenters. The number of hydrogen-bond acceptors (Lipinski definition) is 1. The third-order valence-electron chi connectivity index (χ3n) is 5.14. The van der Waals surface area contributed by atoms with E-state index in [1.54, 1.807) is 0 Å². The molecule has 0 bridgehead atoms. The van der Waals surface area contributed by atoms with Crippen molar-refractivity contribution < 1.29 is 0 Å². The fourth-order valence-corrected chi connectivity index (χ4v) is 3.50. The Morgan fingerprint density at radius 3 is 1.90 bits per heavy atom. The summed E-state index contributed by atoms with van der Waals surface area (Å²) < 4.78 is 0. The minimum absolute atomic E-state index is 0.799. The zero-order chi connectivity index (χ0) is 14.6. The second-order valence-corrected chi connectivity index (χ2v) is 7.22. The Kier molecular flexibility index (Phi) is 10.4. The van der Waals surface area contributed by atoms with Crippen molar-refractivity contribution >= 4 is 0 Å². The van der Waals surface area contributed by atoms with Crippen molar-refractivity contribution in [1.29, 1.82) is 0 Å². The van der Waals surface area contributed by atoms with E-state index in [9.17, 15) is 0 Å². The molecule has 0 heterocycles. The van der Waals surface area contributed by atoms with Crippen LogP contribution in [0, 0.1) is 11.8 Å². The minimum atomic E-state index is 0.799. The lowest BCUT2D eigenvalue weighted by molar-refractivity contribution is 0.267. The molecular weight excluding hydrogens is 242 g/mol. The summed E-state index contributed by atoms with van der Waals surface area (Å²) >= 11 is 0. The maximum Gasteiger partial charge on any atom is 0.00671 e. The summed E-state index contributed by atoms with van der Waals surface area (Å²) in [4.78, 5) is 0. The second-order valence-electron chi connectivity index (χ2n) is 7.22. The van der Waals surface area contributed by atoms with Gasteiger partial charge in [-0.05, 0) is 44.1 Å². The Balaban J connectivity index is 2.19. The highest BCUT2D eigenvalue weighted by Gasteiger charge is 2.19. The number of nitrogens with one attached hydrogen (secondary N) is 1. The van der Waals surface area contributed by atoms with E-state index in [-0.39, 0.29) is 0 Å². The molecule has 1 rings (SSSR count). The first-order valence-corrected chi connectivity index (χ1v) is 9.49. The number of unbranched alkanes of at least 4 members (excludes halogenated alkanes) is 4. The Morgan fingerprint density at radius 2 is 1.40 bits per heavy atom. The summed E-state index contributed by atoms with van der Waals surface area (Å²) in [6.07, 6.45) is 17.0. The topological polar surface area (TPSA) is 12.0 Å². The molecule has 0 aromatic rings. The molecule has 1 nitrogen and oxygen atoms in total. The maximum absolute atomic E-state index is 3.92. The fraction of sp³-hybridized carbons (Fsp3) is 1.00. The molecule has 1 N–H and O–H groups in total. The van der Waals surface area contributed by atoms with Crippen LogP contribution < -0.4 is 5.32 Å². The standard InChI is InChI=1S/C19H39N/c1-4-6-8-10-19(11-9-7-5-2)20-16-18-14-12-17(3)13-15-18/h17-20H,4-16H2,1-3H3. The van der Waals surface area contributed by atoms with Crippen molar-refractivity contribution in [2.45, 2.75) is 104 Å². The molecule has 0 saturated heterocycles. The highest BCUT2D eigenvalue weighted by atomic mass is 14.9. The van der Waals surface area contributed by atoms with Gasteiger partial charge < -0.3 is 5.32 Å². The number of hydrogen-bond donors (Lipinski definition) is 1. The van der Waals surface area contributed by atoms with Crippen LogP contribution in [0.1, 0.15) is 97.8 Å². The average Bonchev–Trinajstić information content (AvgIpc) is 2.46.